The van der Waals surface area contributed by atoms with Crippen molar-refractivity contribution in [3.05, 3.63) is 40.1 Å². The SMILES string of the molecule is Cc1cc([C@@H]2CCCN(C(=O)c3c(C)oc(C)c3C)C2)n[nH]1. The summed E-state index contributed by atoms with van der Waals surface area (Å²) in [6.07, 6.45) is 2.09. The molecule has 5 heteroatoms. The summed E-state index contributed by atoms with van der Waals surface area (Å²) in [6.45, 7) is 9.27. The zero-order valence-corrected chi connectivity index (χ0v) is 13.7. The summed E-state index contributed by atoms with van der Waals surface area (Å²) in [5, 5.41) is 7.36. The molecule has 0 aliphatic carbocycles. The number of furan rings is 1. The summed E-state index contributed by atoms with van der Waals surface area (Å²) in [7, 11) is 0. The Labute approximate surface area is 130 Å². The number of carbonyl (C=O) groups is 1. The Bertz CT molecular complexity index is 699. The van der Waals surface area contributed by atoms with E-state index in [0.29, 0.717) is 5.92 Å². The first kappa shape index (κ1) is 14.9. The number of aryl methyl sites for hydroxylation is 3. The van der Waals surface area contributed by atoms with Crippen molar-refractivity contribution in [2.75, 3.05) is 13.1 Å². The predicted molar refractivity (Wildman–Crippen MR) is 84.1 cm³/mol. The number of nitrogens with one attached hydrogen (secondary N) is 1. The van der Waals surface area contributed by atoms with Crippen molar-refractivity contribution < 1.29 is 9.21 Å². The van der Waals surface area contributed by atoms with E-state index in [9.17, 15) is 4.79 Å². The van der Waals surface area contributed by atoms with Crippen molar-refractivity contribution in [2.24, 2.45) is 0 Å². The third-order valence-electron chi connectivity index (χ3n) is 4.63. The van der Waals surface area contributed by atoms with Crippen molar-refractivity contribution in [1.82, 2.24) is 15.1 Å². The van der Waals surface area contributed by atoms with E-state index in [2.05, 4.69) is 16.3 Å². The van der Waals surface area contributed by atoms with Crippen LogP contribution in [0.4, 0.5) is 0 Å². The molecule has 0 aromatic carbocycles. The standard InChI is InChI=1S/C17H23N3O2/c1-10-8-15(19-18-10)14-6-5-7-20(9-14)17(21)16-11(2)12(3)22-13(16)4/h8,14H,5-7,9H2,1-4H3,(H,18,19)/t14-/m1/s1. The molecule has 1 N–H and O–H groups in total. The second kappa shape index (κ2) is 5.63. The number of rotatable bonds is 2. The lowest BCUT2D eigenvalue weighted by atomic mass is 9.94. The molecule has 1 amide bonds. The molecule has 0 radical (unpaired) electrons. The van der Waals surface area contributed by atoms with Crippen LogP contribution in [0.5, 0.6) is 0 Å². The van der Waals surface area contributed by atoms with Crippen molar-refractivity contribution in [3.8, 4) is 0 Å². The van der Waals surface area contributed by atoms with Gasteiger partial charge in [0.2, 0.25) is 0 Å². The number of amides is 1. The molecule has 0 unspecified atom stereocenters. The highest BCUT2D eigenvalue weighted by molar-refractivity contribution is 5.97. The molecule has 0 bridgehead atoms. The number of aromatic nitrogens is 2. The first-order valence-electron chi connectivity index (χ1n) is 7.85. The molecule has 3 heterocycles. The number of H-pyrrole nitrogens is 1. The second-order valence-electron chi connectivity index (χ2n) is 6.28. The van der Waals surface area contributed by atoms with E-state index < -0.39 is 0 Å². The molecule has 22 heavy (non-hydrogen) atoms. The maximum absolute atomic E-state index is 12.9. The average Bonchev–Trinajstić information content (AvgIpc) is 3.03. The van der Waals surface area contributed by atoms with Crippen molar-refractivity contribution in [3.63, 3.8) is 0 Å². The van der Waals surface area contributed by atoms with E-state index in [-0.39, 0.29) is 5.91 Å². The fourth-order valence-corrected chi connectivity index (χ4v) is 3.32. The summed E-state index contributed by atoms with van der Waals surface area (Å²) in [6, 6.07) is 2.08. The molecule has 5 nitrogen and oxygen atoms in total. The minimum atomic E-state index is 0.0869. The van der Waals surface area contributed by atoms with Gasteiger partial charge in [-0.3, -0.25) is 9.89 Å². The van der Waals surface area contributed by atoms with E-state index in [4.69, 9.17) is 4.42 Å². The zero-order chi connectivity index (χ0) is 15.9. The van der Waals surface area contributed by atoms with Gasteiger partial charge >= 0.3 is 0 Å². The van der Waals surface area contributed by atoms with Crippen LogP contribution >= 0.6 is 0 Å². The molecule has 1 aliphatic heterocycles. The summed E-state index contributed by atoms with van der Waals surface area (Å²) in [4.78, 5) is 14.8. The minimum Gasteiger partial charge on any atom is -0.466 e. The first-order valence-corrected chi connectivity index (χ1v) is 7.85. The highest BCUT2D eigenvalue weighted by atomic mass is 16.3. The van der Waals surface area contributed by atoms with Gasteiger partial charge in [0, 0.05) is 30.3 Å². The number of carbonyl (C=O) groups excluding carboxylic acids is 1. The minimum absolute atomic E-state index is 0.0869. The van der Waals surface area contributed by atoms with Crippen LogP contribution in [0.15, 0.2) is 10.5 Å². The molecule has 0 spiro atoms. The molecular weight excluding hydrogens is 278 g/mol. The number of aromatic amines is 1. The number of hydrogen-bond donors (Lipinski definition) is 1. The second-order valence-corrected chi connectivity index (χ2v) is 6.28. The number of piperidine rings is 1. The van der Waals surface area contributed by atoms with Crippen molar-refractivity contribution in [2.45, 2.75) is 46.5 Å². The van der Waals surface area contributed by atoms with E-state index in [0.717, 1.165) is 60.0 Å². The molecular formula is C17H23N3O2. The number of hydrogen-bond acceptors (Lipinski definition) is 3. The van der Waals surface area contributed by atoms with Crippen LogP contribution in [0, 0.1) is 27.7 Å². The summed E-state index contributed by atoms with van der Waals surface area (Å²) < 4.78 is 5.61. The molecule has 118 valence electrons. The molecule has 2 aromatic heterocycles. The lowest BCUT2D eigenvalue weighted by molar-refractivity contribution is 0.0703. The van der Waals surface area contributed by atoms with Gasteiger partial charge in [0.15, 0.2) is 0 Å². The molecule has 1 atom stereocenters. The van der Waals surface area contributed by atoms with Gasteiger partial charge in [-0.05, 0) is 46.6 Å². The van der Waals surface area contributed by atoms with E-state index >= 15 is 0 Å². The molecule has 3 rings (SSSR count). The highest BCUT2D eigenvalue weighted by Crippen LogP contribution is 2.29. The largest absolute Gasteiger partial charge is 0.466 e. The van der Waals surface area contributed by atoms with E-state index in [1.165, 1.54) is 0 Å². The third kappa shape index (κ3) is 2.56. The predicted octanol–water partition coefficient (Wildman–Crippen LogP) is 3.26. The van der Waals surface area contributed by atoms with Crippen LogP contribution in [-0.4, -0.2) is 34.1 Å². The Hall–Kier alpha value is -2.04. The number of likely N-dealkylation sites (tertiary alicyclic amines) is 1. The monoisotopic (exact) mass is 301 g/mol. The lowest BCUT2D eigenvalue weighted by Gasteiger charge is -2.32. The number of nitrogens with zero attached hydrogens (tertiary/aromatic N) is 2. The topological polar surface area (TPSA) is 62.1 Å². The Morgan fingerprint density at radius 1 is 1.32 bits per heavy atom. The maximum Gasteiger partial charge on any atom is 0.257 e. The van der Waals surface area contributed by atoms with E-state index in [1.54, 1.807) is 0 Å². The smallest absolute Gasteiger partial charge is 0.257 e. The molecule has 0 saturated carbocycles. The maximum atomic E-state index is 12.9. The van der Waals surface area contributed by atoms with Crippen LogP contribution in [-0.2, 0) is 0 Å². The van der Waals surface area contributed by atoms with Crippen LogP contribution in [0.25, 0.3) is 0 Å². The summed E-state index contributed by atoms with van der Waals surface area (Å²) in [5.74, 6) is 1.95. The van der Waals surface area contributed by atoms with Gasteiger partial charge in [0.25, 0.3) is 5.91 Å². The summed E-state index contributed by atoms with van der Waals surface area (Å²) >= 11 is 0. The highest BCUT2D eigenvalue weighted by Gasteiger charge is 2.29. The Kier molecular flexibility index (Phi) is 3.81. The van der Waals surface area contributed by atoms with Crippen LogP contribution in [0.2, 0.25) is 0 Å². The normalized spacial score (nSPS) is 18.7. The van der Waals surface area contributed by atoms with Crippen molar-refractivity contribution in [1.29, 1.82) is 0 Å². The van der Waals surface area contributed by atoms with Crippen LogP contribution in [0.3, 0.4) is 0 Å². The quantitative estimate of drug-likeness (QED) is 0.926. The molecule has 2 aromatic rings. The van der Waals surface area contributed by atoms with Crippen LogP contribution in [0.1, 0.15) is 57.6 Å². The molecule has 1 saturated heterocycles. The van der Waals surface area contributed by atoms with Gasteiger partial charge in [-0.15, -0.1) is 0 Å². The van der Waals surface area contributed by atoms with Gasteiger partial charge in [0.1, 0.15) is 11.5 Å². The van der Waals surface area contributed by atoms with Gasteiger partial charge in [-0.1, -0.05) is 0 Å². The average molecular weight is 301 g/mol. The molecule has 1 aliphatic rings. The van der Waals surface area contributed by atoms with Gasteiger partial charge in [-0.2, -0.15) is 5.10 Å². The Morgan fingerprint density at radius 2 is 2.09 bits per heavy atom. The molecule has 1 fully saturated rings. The van der Waals surface area contributed by atoms with Crippen molar-refractivity contribution >= 4 is 5.91 Å². The van der Waals surface area contributed by atoms with E-state index in [1.807, 2.05) is 32.6 Å². The lowest BCUT2D eigenvalue weighted by Crippen LogP contribution is -2.39. The zero-order valence-electron chi connectivity index (χ0n) is 13.7. The van der Waals surface area contributed by atoms with Gasteiger partial charge in [-0.25, -0.2) is 0 Å². The third-order valence-corrected chi connectivity index (χ3v) is 4.63. The first-order chi connectivity index (χ1) is 10.5. The van der Waals surface area contributed by atoms with Gasteiger partial charge in [0.05, 0.1) is 11.3 Å². The fourth-order valence-electron chi connectivity index (χ4n) is 3.32. The van der Waals surface area contributed by atoms with Gasteiger partial charge < -0.3 is 9.32 Å². The van der Waals surface area contributed by atoms with Crippen LogP contribution < -0.4 is 0 Å². The Balaban J connectivity index is 1.81. The summed E-state index contributed by atoms with van der Waals surface area (Å²) in [5.41, 5.74) is 3.82. The fraction of sp³-hybridized carbons (Fsp3) is 0.529. The Morgan fingerprint density at radius 3 is 2.68 bits per heavy atom.